The summed E-state index contributed by atoms with van der Waals surface area (Å²) < 4.78 is 29.6. The number of ether oxygens (including phenoxy) is 3. The normalized spacial score (nSPS) is 12.3. The molecule has 5 heteroatoms. The second-order valence-corrected chi connectivity index (χ2v) is 7.83. The Morgan fingerprint density at radius 3 is 2.09 bits per heavy atom. The lowest BCUT2D eigenvalue weighted by Gasteiger charge is -2.15. The molecule has 3 aromatic carbocycles. The summed E-state index contributed by atoms with van der Waals surface area (Å²) in [5, 5.41) is 0. The summed E-state index contributed by atoms with van der Waals surface area (Å²) in [6, 6.07) is 22.3. The zero-order valence-electron chi connectivity index (χ0n) is 19.9. The molecule has 0 heterocycles. The predicted octanol–water partition coefficient (Wildman–Crippen LogP) is 6.49. The fourth-order valence-corrected chi connectivity index (χ4v) is 3.53. The Balaban J connectivity index is 1.54. The molecular formula is C29H31FO4. The molecule has 0 N–H and O–H groups in total. The van der Waals surface area contributed by atoms with Gasteiger partial charge in [-0.05, 0) is 78.9 Å². The largest absolute Gasteiger partial charge is 0.490 e. The average Bonchev–Trinajstić information content (AvgIpc) is 2.85. The Hall–Kier alpha value is -3.44. The van der Waals surface area contributed by atoms with Crippen molar-refractivity contribution in [2.24, 2.45) is 0 Å². The van der Waals surface area contributed by atoms with Crippen molar-refractivity contribution in [2.45, 2.75) is 33.3 Å². The highest BCUT2D eigenvalue weighted by Gasteiger charge is 2.20. The number of hydrogen-bond acceptors (Lipinski definition) is 4. The highest BCUT2D eigenvalue weighted by atomic mass is 19.1. The SMILES string of the molecule is CCOC(=O)[C@H](Cc1ccc(OC/C=C(\C)c2ccc(-c3ccc(F)cc3)cc2)cc1)OCC. The minimum Gasteiger partial charge on any atom is -0.490 e. The third-order valence-electron chi connectivity index (χ3n) is 5.42. The molecule has 0 aliphatic heterocycles. The molecule has 0 aliphatic rings. The third-order valence-corrected chi connectivity index (χ3v) is 5.42. The summed E-state index contributed by atoms with van der Waals surface area (Å²) in [6.45, 7) is 6.91. The van der Waals surface area contributed by atoms with Crippen molar-refractivity contribution in [2.75, 3.05) is 19.8 Å². The number of halogens is 1. The smallest absolute Gasteiger partial charge is 0.335 e. The first-order valence-corrected chi connectivity index (χ1v) is 11.5. The molecule has 0 unspecified atom stereocenters. The van der Waals surface area contributed by atoms with Gasteiger partial charge in [0.15, 0.2) is 6.10 Å². The average molecular weight is 463 g/mol. The monoisotopic (exact) mass is 462 g/mol. The first-order chi connectivity index (χ1) is 16.5. The molecule has 0 saturated carbocycles. The van der Waals surface area contributed by atoms with E-state index < -0.39 is 6.10 Å². The lowest BCUT2D eigenvalue weighted by atomic mass is 10.0. The van der Waals surface area contributed by atoms with Crippen molar-refractivity contribution in [3.8, 4) is 16.9 Å². The summed E-state index contributed by atoms with van der Waals surface area (Å²) in [4.78, 5) is 12.0. The zero-order valence-corrected chi connectivity index (χ0v) is 19.9. The van der Waals surface area contributed by atoms with E-state index in [9.17, 15) is 9.18 Å². The van der Waals surface area contributed by atoms with Crippen LogP contribution in [0.5, 0.6) is 5.75 Å². The molecule has 0 saturated heterocycles. The van der Waals surface area contributed by atoms with E-state index in [0.29, 0.717) is 26.2 Å². The maximum absolute atomic E-state index is 13.1. The number of hydrogen-bond donors (Lipinski definition) is 0. The van der Waals surface area contributed by atoms with Crippen molar-refractivity contribution in [1.82, 2.24) is 0 Å². The number of esters is 1. The lowest BCUT2D eigenvalue weighted by Crippen LogP contribution is -2.28. The van der Waals surface area contributed by atoms with Crippen LogP contribution in [0, 0.1) is 5.82 Å². The van der Waals surface area contributed by atoms with Crippen LogP contribution in [0.2, 0.25) is 0 Å². The van der Waals surface area contributed by atoms with Gasteiger partial charge in [-0.25, -0.2) is 9.18 Å². The van der Waals surface area contributed by atoms with Gasteiger partial charge in [-0.3, -0.25) is 0 Å². The molecule has 0 fully saturated rings. The van der Waals surface area contributed by atoms with Crippen LogP contribution >= 0.6 is 0 Å². The van der Waals surface area contributed by atoms with Crippen molar-refractivity contribution >= 4 is 11.5 Å². The fraction of sp³-hybridized carbons (Fsp3) is 0.276. The van der Waals surface area contributed by atoms with Gasteiger partial charge in [0.25, 0.3) is 0 Å². The van der Waals surface area contributed by atoms with Crippen LogP contribution in [-0.4, -0.2) is 31.9 Å². The van der Waals surface area contributed by atoms with Crippen LogP contribution in [0.15, 0.2) is 78.9 Å². The molecule has 3 aromatic rings. The maximum Gasteiger partial charge on any atom is 0.335 e. The van der Waals surface area contributed by atoms with Crippen LogP contribution in [0.3, 0.4) is 0 Å². The molecule has 0 aliphatic carbocycles. The highest BCUT2D eigenvalue weighted by Crippen LogP contribution is 2.23. The number of carbonyl (C=O) groups is 1. The first kappa shape index (κ1) is 25.2. The van der Waals surface area contributed by atoms with Gasteiger partial charge < -0.3 is 14.2 Å². The molecule has 34 heavy (non-hydrogen) atoms. The molecular weight excluding hydrogens is 431 g/mol. The van der Waals surface area contributed by atoms with Gasteiger partial charge in [-0.1, -0.05) is 48.5 Å². The van der Waals surface area contributed by atoms with Gasteiger partial charge in [0.05, 0.1) is 6.61 Å². The van der Waals surface area contributed by atoms with Crippen LogP contribution in [0.25, 0.3) is 16.7 Å². The molecule has 0 amide bonds. The van der Waals surface area contributed by atoms with Crippen molar-refractivity contribution in [1.29, 1.82) is 0 Å². The summed E-state index contributed by atoms with van der Waals surface area (Å²) in [7, 11) is 0. The molecule has 0 aromatic heterocycles. The second-order valence-electron chi connectivity index (χ2n) is 7.83. The molecule has 178 valence electrons. The van der Waals surface area contributed by atoms with E-state index >= 15 is 0 Å². The molecule has 0 bridgehead atoms. The van der Waals surface area contributed by atoms with Gasteiger partial charge in [-0.2, -0.15) is 0 Å². The van der Waals surface area contributed by atoms with Gasteiger partial charge >= 0.3 is 5.97 Å². The number of rotatable bonds is 11. The molecule has 4 nitrogen and oxygen atoms in total. The van der Waals surface area contributed by atoms with Crippen LogP contribution < -0.4 is 4.74 Å². The van der Waals surface area contributed by atoms with Crippen LogP contribution in [0.1, 0.15) is 31.9 Å². The standard InChI is InChI=1S/C29H31FO4/c1-4-32-28(29(31)33-5-2)20-22-6-16-27(17-7-22)34-19-18-21(3)23-8-10-24(11-9-23)25-12-14-26(30)15-13-25/h6-18,28H,4-5,19-20H2,1-3H3/b21-18+/t28-/m0/s1. The Labute approximate surface area is 201 Å². The first-order valence-electron chi connectivity index (χ1n) is 11.5. The maximum atomic E-state index is 13.1. The number of carbonyl (C=O) groups excluding carboxylic acids is 1. The van der Waals surface area contributed by atoms with Crippen LogP contribution in [0.4, 0.5) is 4.39 Å². The van der Waals surface area contributed by atoms with E-state index in [2.05, 4.69) is 12.1 Å². The Kier molecular flexibility index (Phi) is 9.41. The predicted molar refractivity (Wildman–Crippen MR) is 133 cm³/mol. The van der Waals surface area contributed by atoms with Gasteiger partial charge in [-0.15, -0.1) is 0 Å². The quantitative estimate of drug-likeness (QED) is 0.306. The van der Waals surface area contributed by atoms with Gasteiger partial charge in [0, 0.05) is 13.0 Å². The van der Waals surface area contributed by atoms with E-state index in [-0.39, 0.29) is 11.8 Å². The minimum absolute atomic E-state index is 0.236. The molecule has 0 spiro atoms. The molecule has 3 rings (SSSR count). The van der Waals surface area contributed by atoms with Crippen molar-refractivity contribution < 1.29 is 23.4 Å². The molecule has 0 radical (unpaired) electrons. The number of allylic oxidation sites excluding steroid dienone is 1. The summed E-state index contributed by atoms with van der Waals surface area (Å²) in [6.07, 6.45) is 1.89. The summed E-state index contributed by atoms with van der Waals surface area (Å²) >= 11 is 0. The second kappa shape index (κ2) is 12.7. The topological polar surface area (TPSA) is 44.8 Å². The zero-order chi connectivity index (χ0) is 24.3. The third kappa shape index (κ3) is 7.29. The van der Waals surface area contributed by atoms with E-state index in [1.165, 1.54) is 12.1 Å². The van der Waals surface area contributed by atoms with E-state index in [1.54, 1.807) is 19.1 Å². The minimum atomic E-state index is -0.600. The van der Waals surface area contributed by atoms with Crippen LogP contribution in [-0.2, 0) is 20.7 Å². The molecule has 1 atom stereocenters. The fourth-order valence-electron chi connectivity index (χ4n) is 3.53. The van der Waals surface area contributed by atoms with E-state index in [1.807, 2.05) is 56.3 Å². The van der Waals surface area contributed by atoms with Crippen molar-refractivity contribution in [3.05, 3.63) is 95.8 Å². The van der Waals surface area contributed by atoms with Crippen molar-refractivity contribution in [3.63, 3.8) is 0 Å². The number of benzene rings is 3. The van der Waals surface area contributed by atoms with Gasteiger partial charge in [0.1, 0.15) is 18.2 Å². The highest BCUT2D eigenvalue weighted by molar-refractivity contribution is 5.75. The van der Waals surface area contributed by atoms with E-state index in [0.717, 1.165) is 33.6 Å². The van der Waals surface area contributed by atoms with Gasteiger partial charge in [0.2, 0.25) is 0 Å². The Morgan fingerprint density at radius 2 is 1.50 bits per heavy atom. The lowest BCUT2D eigenvalue weighted by molar-refractivity contribution is -0.156. The Morgan fingerprint density at radius 1 is 0.882 bits per heavy atom. The van der Waals surface area contributed by atoms with E-state index in [4.69, 9.17) is 14.2 Å². The summed E-state index contributed by atoms with van der Waals surface area (Å²) in [5.41, 5.74) is 5.22. The summed E-state index contributed by atoms with van der Waals surface area (Å²) in [5.74, 6) is 0.180. The Bertz CT molecular complexity index is 1070.